The number of carbonyl (C=O) groups excluding carboxylic acids is 1. The van der Waals surface area contributed by atoms with Gasteiger partial charge in [0, 0.05) is 12.7 Å². The van der Waals surface area contributed by atoms with Crippen molar-refractivity contribution in [2.24, 2.45) is 7.05 Å². The Hall–Kier alpha value is -1.83. The Morgan fingerprint density at radius 2 is 2.24 bits per heavy atom. The number of aromatic nitrogens is 5. The molecule has 7 nitrogen and oxygen atoms in total. The van der Waals surface area contributed by atoms with E-state index in [1.54, 1.807) is 11.7 Å². The molecule has 2 aromatic heterocycles. The maximum absolute atomic E-state index is 12.1. The van der Waals surface area contributed by atoms with Gasteiger partial charge in [0.05, 0.1) is 11.8 Å². The van der Waals surface area contributed by atoms with E-state index in [4.69, 9.17) is 5.73 Å². The number of nitrogen functional groups attached to an aromatic ring is 1. The minimum atomic E-state index is -0.319. The molecule has 0 saturated heterocycles. The highest BCUT2D eigenvalue weighted by Crippen LogP contribution is 2.14. The first-order valence-corrected chi connectivity index (χ1v) is 6.07. The van der Waals surface area contributed by atoms with Gasteiger partial charge in [-0.3, -0.25) is 9.48 Å². The lowest BCUT2D eigenvalue weighted by Gasteiger charge is -2.00. The average Bonchev–Trinajstić information content (AvgIpc) is 2.83. The number of hydrogen-bond acceptors (Lipinski definition) is 6. The zero-order valence-corrected chi connectivity index (χ0v) is 10.5. The molecular formula is C9H12N6OS. The van der Waals surface area contributed by atoms with E-state index in [0.717, 1.165) is 10.4 Å². The van der Waals surface area contributed by atoms with E-state index in [1.807, 2.05) is 13.2 Å². The maximum atomic E-state index is 12.1. The number of thioether (sulfide) groups is 1. The molecule has 2 N–H and O–H groups in total. The fourth-order valence-corrected chi connectivity index (χ4v) is 1.71. The van der Waals surface area contributed by atoms with Crippen molar-refractivity contribution < 1.29 is 4.79 Å². The molecule has 2 heterocycles. The van der Waals surface area contributed by atoms with Crippen molar-refractivity contribution in [2.45, 2.75) is 12.1 Å². The quantitative estimate of drug-likeness (QED) is 0.773. The molecule has 8 heteroatoms. The number of rotatable bonds is 2. The highest BCUT2D eigenvalue weighted by molar-refractivity contribution is 7.98. The summed E-state index contributed by atoms with van der Waals surface area (Å²) in [6.07, 6.45) is 3.32. The zero-order chi connectivity index (χ0) is 12.6. The largest absolute Gasteiger partial charge is 0.368 e. The van der Waals surface area contributed by atoms with Gasteiger partial charge < -0.3 is 5.73 Å². The third kappa shape index (κ3) is 1.91. The molecule has 0 aliphatic rings. The number of nitrogens with two attached hydrogens (primary N) is 1. The fourth-order valence-electron chi connectivity index (χ4n) is 1.36. The van der Waals surface area contributed by atoms with Crippen molar-refractivity contribution in [1.82, 2.24) is 24.5 Å². The number of hydrogen-bond donors (Lipinski definition) is 1. The predicted octanol–water partition coefficient (Wildman–Crippen LogP) is 0.313. The Balaban J connectivity index is 2.43. The van der Waals surface area contributed by atoms with Crippen molar-refractivity contribution in [3.05, 3.63) is 17.5 Å². The molecule has 0 bridgehead atoms. The number of nitrogens with zero attached hydrogens (tertiary/aromatic N) is 5. The Morgan fingerprint density at radius 3 is 2.71 bits per heavy atom. The normalized spacial score (nSPS) is 10.8. The molecule has 0 unspecified atom stereocenters. The maximum Gasteiger partial charge on any atom is 0.284 e. The summed E-state index contributed by atoms with van der Waals surface area (Å²) in [6, 6.07) is 0. The van der Waals surface area contributed by atoms with Gasteiger partial charge >= 0.3 is 0 Å². The summed E-state index contributed by atoms with van der Waals surface area (Å²) in [5, 5.41) is 8.49. The van der Waals surface area contributed by atoms with Gasteiger partial charge in [0.2, 0.25) is 11.1 Å². The van der Waals surface area contributed by atoms with Crippen LogP contribution in [0.3, 0.4) is 0 Å². The van der Waals surface area contributed by atoms with Crippen LogP contribution in [0.4, 0.5) is 5.95 Å². The third-order valence-electron chi connectivity index (χ3n) is 2.45. The molecule has 0 aliphatic heterocycles. The zero-order valence-electron chi connectivity index (χ0n) is 9.71. The molecule has 2 rings (SSSR count). The smallest absolute Gasteiger partial charge is 0.284 e. The Bertz CT molecular complexity index is 572. The van der Waals surface area contributed by atoms with Gasteiger partial charge in [0.15, 0.2) is 0 Å². The lowest BCUT2D eigenvalue weighted by molar-refractivity contribution is 0.0946. The molecule has 0 saturated carbocycles. The first-order valence-electron chi connectivity index (χ1n) is 4.84. The fraction of sp³-hybridized carbons (Fsp3) is 0.333. The van der Waals surface area contributed by atoms with Crippen LogP contribution in [0, 0.1) is 6.92 Å². The number of anilines is 1. The van der Waals surface area contributed by atoms with Gasteiger partial charge in [-0.25, -0.2) is 0 Å². The van der Waals surface area contributed by atoms with Crippen molar-refractivity contribution in [3.63, 3.8) is 0 Å². The average molecular weight is 252 g/mol. The summed E-state index contributed by atoms with van der Waals surface area (Å²) in [4.78, 5) is 16.1. The topological polar surface area (TPSA) is 91.6 Å². The second kappa shape index (κ2) is 4.21. The molecule has 0 radical (unpaired) electrons. The van der Waals surface area contributed by atoms with E-state index in [9.17, 15) is 4.79 Å². The molecule has 17 heavy (non-hydrogen) atoms. The summed E-state index contributed by atoms with van der Waals surface area (Å²) in [5.74, 6) is -0.233. The van der Waals surface area contributed by atoms with E-state index in [0.29, 0.717) is 10.7 Å². The monoisotopic (exact) mass is 252 g/mol. The second-order valence-electron chi connectivity index (χ2n) is 3.44. The molecule has 0 aromatic carbocycles. The Labute approximate surface area is 102 Å². The lowest BCUT2D eigenvalue weighted by atomic mass is 10.2. The first kappa shape index (κ1) is 11.6. The molecule has 0 amide bonds. The SMILES string of the molecule is CSc1nc(N)n(C(=O)c2cnn(C)c2C)n1. The minimum Gasteiger partial charge on any atom is -0.368 e. The summed E-state index contributed by atoms with van der Waals surface area (Å²) in [6.45, 7) is 1.81. The van der Waals surface area contributed by atoms with Crippen molar-refractivity contribution in [2.75, 3.05) is 12.0 Å². The van der Waals surface area contributed by atoms with Crippen LogP contribution < -0.4 is 5.73 Å². The standard InChI is InChI=1S/C9H12N6OS/c1-5-6(4-11-14(5)2)7(16)15-8(10)12-9(13-15)17-3/h4H,1-3H3,(H2,10,12,13). The van der Waals surface area contributed by atoms with Gasteiger partial charge in [0.25, 0.3) is 5.91 Å². The van der Waals surface area contributed by atoms with Crippen LogP contribution in [0.25, 0.3) is 0 Å². The van der Waals surface area contributed by atoms with Crippen LogP contribution in [0.15, 0.2) is 11.4 Å². The molecule has 2 aromatic rings. The van der Waals surface area contributed by atoms with Crippen molar-refractivity contribution >= 4 is 23.6 Å². The Morgan fingerprint density at radius 1 is 1.53 bits per heavy atom. The van der Waals surface area contributed by atoms with Gasteiger partial charge in [-0.2, -0.15) is 14.8 Å². The molecule has 0 aliphatic carbocycles. The van der Waals surface area contributed by atoms with Gasteiger partial charge in [-0.1, -0.05) is 11.8 Å². The summed E-state index contributed by atoms with van der Waals surface area (Å²) in [7, 11) is 1.77. The van der Waals surface area contributed by atoms with Crippen molar-refractivity contribution in [3.8, 4) is 0 Å². The molecule has 0 spiro atoms. The highest BCUT2D eigenvalue weighted by atomic mass is 32.2. The Kier molecular flexibility index (Phi) is 2.88. The summed E-state index contributed by atoms with van der Waals surface area (Å²) >= 11 is 1.33. The van der Waals surface area contributed by atoms with Crippen LogP contribution in [0.5, 0.6) is 0 Å². The van der Waals surface area contributed by atoms with Crippen LogP contribution >= 0.6 is 11.8 Å². The van der Waals surface area contributed by atoms with E-state index < -0.39 is 0 Å². The van der Waals surface area contributed by atoms with E-state index in [1.165, 1.54) is 18.0 Å². The molecule has 0 fully saturated rings. The number of aryl methyl sites for hydroxylation is 1. The number of carbonyl (C=O) groups is 1. The third-order valence-corrected chi connectivity index (χ3v) is 2.99. The van der Waals surface area contributed by atoms with Crippen molar-refractivity contribution in [1.29, 1.82) is 0 Å². The molecule has 0 atom stereocenters. The molecule has 90 valence electrons. The van der Waals surface area contributed by atoms with Gasteiger partial charge in [-0.05, 0) is 13.2 Å². The van der Waals surface area contributed by atoms with Crippen LogP contribution in [-0.2, 0) is 7.05 Å². The predicted molar refractivity (Wildman–Crippen MR) is 63.9 cm³/mol. The van der Waals surface area contributed by atoms with E-state index in [-0.39, 0.29) is 11.9 Å². The summed E-state index contributed by atoms with van der Waals surface area (Å²) < 4.78 is 2.71. The van der Waals surface area contributed by atoms with Crippen LogP contribution in [-0.4, -0.2) is 36.7 Å². The first-order chi connectivity index (χ1) is 8.04. The minimum absolute atomic E-state index is 0.0857. The van der Waals surface area contributed by atoms with Gasteiger partial charge in [0.1, 0.15) is 0 Å². The van der Waals surface area contributed by atoms with Crippen LogP contribution in [0.1, 0.15) is 16.1 Å². The second-order valence-corrected chi connectivity index (χ2v) is 4.21. The van der Waals surface area contributed by atoms with Gasteiger partial charge in [-0.15, -0.1) is 5.10 Å². The van der Waals surface area contributed by atoms with Crippen LogP contribution in [0.2, 0.25) is 0 Å². The molecular weight excluding hydrogens is 240 g/mol. The van der Waals surface area contributed by atoms with E-state index in [2.05, 4.69) is 15.2 Å². The lowest BCUT2D eigenvalue weighted by Crippen LogP contribution is -2.17. The van der Waals surface area contributed by atoms with E-state index >= 15 is 0 Å². The highest BCUT2D eigenvalue weighted by Gasteiger charge is 2.19. The summed E-state index contributed by atoms with van der Waals surface area (Å²) in [5.41, 5.74) is 6.87.